The van der Waals surface area contributed by atoms with Gasteiger partial charge in [-0.3, -0.25) is 20.4 Å². The first-order chi connectivity index (χ1) is 14.5. The van der Waals surface area contributed by atoms with E-state index in [9.17, 15) is 14.0 Å². The summed E-state index contributed by atoms with van der Waals surface area (Å²) in [6, 6.07) is 21.2. The van der Waals surface area contributed by atoms with E-state index in [2.05, 4.69) is 26.8 Å². The molecule has 2 N–H and O–H groups in total. The van der Waals surface area contributed by atoms with E-state index in [1.165, 1.54) is 12.1 Å². The molecule has 0 fully saturated rings. The van der Waals surface area contributed by atoms with E-state index in [0.717, 1.165) is 11.1 Å². The quantitative estimate of drug-likeness (QED) is 0.511. The Bertz CT molecular complexity index is 1030. The number of nitrogens with one attached hydrogen (secondary N) is 2. The van der Waals surface area contributed by atoms with Gasteiger partial charge in [0.15, 0.2) is 24.8 Å². The van der Waals surface area contributed by atoms with Gasteiger partial charge in [-0.2, -0.15) is 0 Å². The van der Waals surface area contributed by atoms with Crippen molar-refractivity contribution in [3.05, 3.63) is 83.1 Å². The predicted molar refractivity (Wildman–Crippen MR) is 113 cm³/mol. The largest absolute Gasteiger partial charge is 0.483 e. The van der Waals surface area contributed by atoms with Crippen molar-refractivity contribution >= 4 is 27.7 Å². The molecule has 2 amide bonds. The van der Waals surface area contributed by atoms with Crippen LogP contribution in [0.25, 0.3) is 11.1 Å². The lowest BCUT2D eigenvalue weighted by molar-refractivity contribution is -0.131. The van der Waals surface area contributed by atoms with Gasteiger partial charge in [-0.1, -0.05) is 64.5 Å². The molecule has 3 aromatic carbocycles. The Hall–Kier alpha value is -3.39. The maximum Gasteiger partial charge on any atom is 0.276 e. The molecular formula is C22H18BrFN2O4. The molecule has 0 aliphatic rings. The summed E-state index contributed by atoms with van der Waals surface area (Å²) in [5.74, 6) is -1.33. The average Bonchev–Trinajstić information content (AvgIpc) is 2.76. The molecule has 6 nitrogen and oxygen atoms in total. The fourth-order valence-electron chi connectivity index (χ4n) is 2.54. The summed E-state index contributed by atoms with van der Waals surface area (Å²) in [6.45, 7) is -0.761. The van der Waals surface area contributed by atoms with Crippen molar-refractivity contribution < 1.29 is 23.5 Å². The summed E-state index contributed by atoms with van der Waals surface area (Å²) >= 11 is 3.13. The van der Waals surface area contributed by atoms with Crippen LogP contribution in [-0.2, 0) is 9.59 Å². The molecule has 0 unspecified atom stereocenters. The first-order valence-corrected chi connectivity index (χ1v) is 9.75. The number of ether oxygens (including phenoxy) is 2. The van der Waals surface area contributed by atoms with E-state index in [-0.39, 0.29) is 12.4 Å². The number of rotatable bonds is 7. The molecule has 0 saturated heterocycles. The lowest BCUT2D eigenvalue weighted by Gasteiger charge is -2.12. The summed E-state index contributed by atoms with van der Waals surface area (Å²) in [4.78, 5) is 23.8. The van der Waals surface area contributed by atoms with Gasteiger partial charge in [-0.15, -0.1) is 0 Å². The fourth-order valence-corrected chi connectivity index (χ4v) is 2.87. The lowest BCUT2D eigenvalue weighted by atomic mass is 10.1. The van der Waals surface area contributed by atoms with Crippen LogP contribution < -0.4 is 20.3 Å². The van der Waals surface area contributed by atoms with Crippen molar-refractivity contribution in [3.63, 3.8) is 0 Å². The van der Waals surface area contributed by atoms with Crippen LogP contribution in [-0.4, -0.2) is 25.0 Å². The highest BCUT2D eigenvalue weighted by Gasteiger charge is 2.11. The van der Waals surface area contributed by atoms with Crippen LogP contribution in [0, 0.1) is 5.82 Å². The number of amides is 2. The van der Waals surface area contributed by atoms with Crippen LogP contribution in [0.15, 0.2) is 77.3 Å². The summed E-state index contributed by atoms with van der Waals surface area (Å²) in [5.41, 5.74) is 6.22. The highest BCUT2D eigenvalue weighted by molar-refractivity contribution is 9.10. The second-order valence-corrected chi connectivity index (χ2v) is 7.03. The first-order valence-electron chi connectivity index (χ1n) is 8.95. The summed E-state index contributed by atoms with van der Waals surface area (Å²) in [5, 5.41) is 0. The van der Waals surface area contributed by atoms with Crippen molar-refractivity contribution in [2.24, 2.45) is 0 Å². The predicted octanol–water partition coefficient (Wildman–Crippen LogP) is 3.86. The van der Waals surface area contributed by atoms with E-state index in [0.29, 0.717) is 10.2 Å². The monoisotopic (exact) mass is 472 g/mol. The summed E-state index contributed by atoms with van der Waals surface area (Å²) < 4.78 is 24.9. The normalized spacial score (nSPS) is 10.2. The van der Waals surface area contributed by atoms with Gasteiger partial charge in [0.25, 0.3) is 11.8 Å². The molecule has 0 spiro atoms. The zero-order valence-electron chi connectivity index (χ0n) is 15.7. The highest BCUT2D eigenvalue weighted by atomic mass is 79.9. The Balaban J connectivity index is 1.46. The number of hydrogen-bond acceptors (Lipinski definition) is 4. The van der Waals surface area contributed by atoms with Gasteiger partial charge in [0.1, 0.15) is 5.75 Å². The summed E-state index contributed by atoms with van der Waals surface area (Å²) in [7, 11) is 0. The van der Waals surface area contributed by atoms with Crippen LogP contribution in [0.1, 0.15) is 0 Å². The molecule has 3 aromatic rings. The Morgan fingerprint density at radius 3 is 2.07 bits per heavy atom. The second kappa shape index (κ2) is 10.4. The standard InChI is InChI=1S/C22H18BrFN2O4/c23-16-10-11-20(18(24)12-16)30-14-22(28)26-25-21(27)13-29-19-9-5-4-8-17(19)15-6-2-1-3-7-15/h1-12H,13-14H2,(H,25,27)(H,26,28). The minimum absolute atomic E-state index is 0.0690. The van der Waals surface area contributed by atoms with Crippen molar-refractivity contribution in [1.29, 1.82) is 0 Å². The van der Waals surface area contributed by atoms with E-state index >= 15 is 0 Å². The van der Waals surface area contributed by atoms with Crippen LogP contribution in [0.3, 0.4) is 0 Å². The Kier molecular flexibility index (Phi) is 7.40. The van der Waals surface area contributed by atoms with Gasteiger partial charge >= 0.3 is 0 Å². The third kappa shape index (κ3) is 6.05. The van der Waals surface area contributed by atoms with Crippen LogP contribution in [0.4, 0.5) is 4.39 Å². The molecule has 3 rings (SSSR count). The molecule has 0 aliphatic carbocycles. The van der Waals surface area contributed by atoms with E-state index < -0.39 is 24.2 Å². The van der Waals surface area contributed by atoms with Gasteiger partial charge in [-0.05, 0) is 29.8 Å². The van der Waals surface area contributed by atoms with Crippen LogP contribution >= 0.6 is 15.9 Å². The second-order valence-electron chi connectivity index (χ2n) is 6.11. The maximum absolute atomic E-state index is 13.7. The minimum Gasteiger partial charge on any atom is -0.483 e. The van der Waals surface area contributed by atoms with Gasteiger partial charge in [0, 0.05) is 10.0 Å². The van der Waals surface area contributed by atoms with Crippen molar-refractivity contribution in [3.8, 4) is 22.6 Å². The molecule has 0 heterocycles. The third-order valence-corrected chi connectivity index (χ3v) is 4.42. The topological polar surface area (TPSA) is 76.7 Å². The Morgan fingerprint density at radius 1 is 0.800 bits per heavy atom. The Morgan fingerprint density at radius 2 is 1.40 bits per heavy atom. The van der Waals surface area contributed by atoms with Gasteiger partial charge in [-0.25, -0.2) is 4.39 Å². The molecule has 0 saturated carbocycles. The molecule has 0 bridgehead atoms. The molecule has 0 radical (unpaired) electrons. The van der Waals surface area contributed by atoms with Gasteiger partial charge in [0.2, 0.25) is 0 Å². The molecular weight excluding hydrogens is 455 g/mol. The third-order valence-electron chi connectivity index (χ3n) is 3.92. The number of para-hydroxylation sites is 1. The van der Waals surface area contributed by atoms with E-state index in [1.807, 2.05) is 42.5 Å². The smallest absolute Gasteiger partial charge is 0.276 e. The number of benzene rings is 3. The molecule has 154 valence electrons. The molecule has 0 atom stereocenters. The van der Waals surface area contributed by atoms with Crippen molar-refractivity contribution in [1.82, 2.24) is 10.9 Å². The van der Waals surface area contributed by atoms with Gasteiger partial charge < -0.3 is 9.47 Å². The number of hydrogen-bond donors (Lipinski definition) is 2. The zero-order chi connectivity index (χ0) is 21.3. The molecule has 0 aliphatic heterocycles. The first kappa shape index (κ1) is 21.3. The molecule has 0 aromatic heterocycles. The number of hydrazine groups is 1. The molecule has 30 heavy (non-hydrogen) atoms. The van der Waals surface area contributed by atoms with E-state index in [4.69, 9.17) is 9.47 Å². The zero-order valence-corrected chi connectivity index (χ0v) is 17.3. The van der Waals surface area contributed by atoms with Crippen LogP contribution in [0.2, 0.25) is 0 Å². The highest BCUT2D eigenvalue weighted by Crippen LogP contribution is 2.29. The van der Waals surface area contributed by atoms with Crippen molar-refractivity contribution in [2.45, 2.75) is 0 Å². The lowest BCUT2D eigenvalue weighted by Crippen LogP contribution is -2.45. The van der Waals surface area contributed by atoms with E-state index in [1.54, 1.807) is 18.2 Å². The minimum atomic E-state index is -0.643. The van der Waals surface area contributed by atoms with Gasteiger partial charge in [0.05, 0.1) is 0 Å². The van der Waals surface area contributed by atoms with Crippen LogP contribution in [0.5, 0.6) is 11.5 Å². The number of halogens is 2. The maximum atomic E-state index is 13.7. The SMILES string of the molecule is O=C(COc1ccc(Br)cc1F)NNC(=O)COc1ccccc1-c1ccccc1. The fraction of sp³-hybridized carbons (Fsp3) is 0.0909. The Labute approximate surface area is 181 Å². The summed E-state index contributed by atoms with van der Waals surface area (Å²) in [6.07, 6.45) is 0. The number of carbonyl (C=O) groups is 2. The molecule has 8 heteroatoms. The number of carbonyl (C=O) groups excluding carboxylic acids is 2. The average molecular weight is 473 g/mol. The van der Waals surface area contributed by atoms with Crippen molar-refractivity contribution in [2.75, 3.05) is 13.2 Å².